The topological polar surface area (TPSA) is 47.1 Å². The average molecular weight is 362 g/mol. The van der Waals surface area contributed by atoms with Crippen molar-refractivity contribution in [3.8, 4) is 45.4 Å². The zero-order valence-corrected chi connectivity index (χ0v) is 15.3. The molecule has 0 unspecified atom stereocenters. The number of imidazole rings is 1. The van der Waals surface area contributed by atoms with Crippen molar-refractivity contribution in [2.45, 2.75) is 0 Å². The van der Waals surface area contributed by atoms with Gasteiger partial charge in [0.2, 0.25) is 0 Å². The highest BCUT2D eigenvalue weighted by atomic mass is 32.1. The molecule has 130 valence electrons. The summed E-state index contributed by atoms with van der Waals surface area (Å²) >= 11 is 1.66. The molecule has 4 rings (SSSR count). The van der Waals surface area contributed by atoms with Crippen molar-refractivity contribution < 1.29 is 9.47 Å². The maximum absolute atomic E-state index is 5.27. The monoisotopic (exact) mass is 362 g/mol. The van der Waals surface area contributed by atoms with Crippen LogP contribution >= 0.6 is 11.3 Å². The Balaban J connectivity index is 1.84. The van der Waals surface area contributed by atoms with Gasteiger partial charge in [-0.25, -0.2) is 4.98 Å². The van der Waals surface area contributed by atoms with E-state index in [0.29, 0.717) is 0 Å². The summed E-state index contributed by atoms with van der Waals surface area (Å²) in [6.07, 6.45) is 0. The molecule has 0 aliphatic carbocycles. The molecule has 2 aromatic heterocycles. The lowest BCUT2D eigenvalue weighted by Gasteiger charge is -2.06. The van der Waals surface area contributed by atoms with Gasteiger partial charge in [0.05, 0.1) is 25.6 Å². The minimum absolute atomic E-state index is 0.827. The van der Waals surface area contributed by atoms with Gasteiger partial charge in [-0.2, -0.15) is 11.3 Å². The normalized spacial score (nSPS) is 10.7. The molecule has 0 saturated heterocycles. The molecule has 2 heterocycles. The lowest BCUT2D eigenvalue weighted by atomic mass is 10.0. The predicted octanol–water partition coefficient (Wildman–Crippen LogP) is 5.49. The van der Waals surface area contributed by atoms with Crippen molar-refractivity contribution in [3.05, 3.63) is 65.4 Å². The first kappa shape index (κ1) is 16.4. The molecule has 0 radical (unpaired) electrons. The first-order chi connectivity index (χ1) is 12.8. The highest BCUT2D eigenvalue weighted by molar-refractivity contribution is 7.08. The van der Waals surface area contributed by atoms with E-state index in [1.807, 2.05) is 48.5 Å². The molecule has 0 aliphatic rings. The molecule has 0 fully saturated rings. The Morgan fingerprint density at radius 1 is 0.769 bits per heavy atom. The van der Waals surface area contributed by atoms with Crippen LogP contribution in [0.4, 0.5) is 0 Å². The first-order valence-corrected chi connectivity index (χ1v) is 9.14. The van der Waals surface area contributed by atoms with Gasteiger partial charge in [0, 0.05) is 22.1 Å². The number of thiophene rings is 1. The minimum atomic E-state index is 0.827. The van der Waals surface area contributed by atoms with E-state index in [-0.39, 0.29) is 0 Å². The number of methoxy groups -OCH3 is 2. The zero-order chi connectivity index (χ0) is 17.9. The van der Waals surface area contributed by atoms with Gasteiger partial charge >= 0.3 is 0 Å². The number of hydrogen-bond acceptors (Lipinski definition) is 4. The van der Waals surface area contributed by atoms with E-state index in [2.05, 4.69) is 21.8 Å². The van der Waals surface area contributed by atoms with E-state index in [1.165, 1.54) is 0 Å². The minimum Gasteiger partial charge on any atom is -0.497 e. The van der Waals surface area contributed by atoms with Crippen LogP contribution in [0.5, 0.6) is 11.5 Å². The molecule has 1 N–H and O–H groups in total. The Labute approximate surface area is 156 Å². The second-order valence-electron chi connectivity index (χ2n) is 5.78. The van der Waals surface area contributed by atoms with E-state index in [4.69, 9.17) is 14.5 Å². The third-order valence-electron chi connectivity index (χ3n) is 4.24. The molecule has 26 heavy (non-hydrogen) atoms. The average Bonchev–Trinajstić information content (AvgIpc) is 3.38. The summed E-state index contributed by atoms with van der Waals surface area (Å²) in [5, 5.41) is 4.15. The molecule has 5 heteroatoms. The molecule has 0 saturated carbocycles. The maximum atomic E-state index is 5.27. The van der Waals surface area contributed by atoms with Crippen LogP contribution in [0.3, 0.4) is 0 Å². The molecule has 4 aromatic rings. The number of nitrogens with one attached hydrogen (secondary N) is 1. The van der Waals surface area contributed by atoms with Crippen LogP contribution in [0.25, 0.3) is 33.9 Å². The summed E-state index contributed by atoms with van der Waals surface area (Å²) in [5.74, 6) is 2.52. The van der Waals surface area contributed by atoms with E-state index < -0.39 is 0 Å². The second-order valence-corrected chi connectivity index (χ2v) is 6.56. The highest BCUT2D eigenvalue weighted by Crippen LogP contribution is 2.34. The van der Waals surface area contributed by atoms with Crippen LogP contribution in [0.15, 0.2) is 65.4 Å². The van der Waals surface area contributed by atoms with E-state index in [1.54, 1.807) is 25.6 Å². The van der Waals surface area contributed by atoms with E-state index in [0.717, 1.165) is 45.4 Å². The molecule has 0 bridgehead atoms. The molecule has 0 atom stereocenters. The fourth-order valence-corrected chi connectivity index (χ4v) is 3.47. The van der Waals surface area contributed by atoms with Gasteiger partial charge in [0.25, 0.3) is 0 Å². The summed E-state index contributed by atoms with van der Waals surface area (Å²) < 4.78 is 10.5. The summed E-state index contributed by atoms with van der Waals surface area (Å²) in [6.45, 7) is 0. The first-order valence-electron chi connectivity index (χ1n) is 8.20. The SMILES string of the molecule is COc1ccc(-c2nc(-c3ccsc3)[nH]c2-c2ccc(OC)cc2)cc1. The molecule has 2 aromatic carbocycles. The van der Waals surface area contributed by atoms with Gasteiger partial charge in [-0.15, -0.1) is 0 Å². The third kappa shape index (κ3) is 3.09. The lowest BCUT2D eigenvalue weighted by Crippen LogP contribution is -1.87. The fourth-order valence-electron chi connectivity index (χ4n) is 2.83. The molecule has 0 spiro atoms. The lowest BCUT2D eigenvalue weighted by molar-refractivity contribution is 0.414. The predicted molar refractivity (Wildman–Crippen MR) is 106 cm³/mol. The van der Waals surface area contributed by atoms with Gasteiger partial charge in [0.15, 0.2) is 0 Å². The Morgan fingerprint density at radius 3 is 1.92 bits per heavy atom. The zero-order valence-electron chi connectivity index (χ0n) is 14.5. The van der Waals surface area contributed by atoms with Crippen LogP contribution in [-0.4, -0.2) is 24.2 Å². The van der Waals surface area contributed by atoms with Gasteiger partial charge in [-0.3, -0.25) is 0 Å². The van der Waals surface area contributed by atoms with E-state index in [9.17, 15) is 0 Å². The number of benzene rings is 2. The fraction of sp³-hybridized carbons (Fsp3) is 0.0952. The number of H-pyrrole nitrogens is 1. The molecular formula is C21H18N2O2S. The number of nitrogens with zero attached hydrogens (tertiary/aromatic N) is 1. The number of aromatic nitrogens is 2. The van der Waals surface area contributed by atoms with Crippen LogP contribution < -0.4 is 9.47 Å². The van der Waals surface area contributed by atoms with Crippen molar-refractivity contribution in [2.24, 2.45) is 0 Å². The van der Waals surface area contributed by atoms with Crippen molar-refractivity contribution in [2.75, 3.05) is 14.2 Å². The van der Waals surface area contributed by atoms with Gasteiger partial charge in [-0.1, -0.05) is 0 Å². The van der Waals surface area contributed by atoms with Gasteiger partial charge in [0.1, 0.15) is 17.3 Å². The molecule has 0 amide bonds. The number of rotatable bonds is 5. The third-order valence-corrected chi connectivity index (χ3v) is 4.92. The maximum Gasteiger partial charge on any atom is 0.139 e. The smallest absolute Gasteiger partial charge is 0.139 e. The standard InChI is InChI=1S/C21H18N2O2S/c1-24-17-7-3-14(4-8-17)19-20(15-5-9-18(25-2)10-6-15)23-21(22-19)16-11-12-26-13-16/h3-13H,1-2H3,(H,22,23). The Morgan fingerprint density at radius 2 is 1.38 bits per heavy atom. The van der Waals surface area contributed by atoms with Crippen LogP contribution in [0.1, 0.15) is 0 Å². The van der Waals surface area contributed by atoms with Crippen molar-refractivity contribution in [1.82, 2.24) is 9.97 Å². The highest BCUT2D eigenvalue weighted by Gasteiger charge is 2.15. The largest absolute Gasteiger partial charge is 0.497 e. The Hall–Kier alpha value is -3.05. The van der Waals surface area contributed by atoms with Crippen LogP contribution in [0.2, 0.25) is 0 Å². The summed E-state index contributed by atoms with van der Waals surface area (Å²) in [4.78, 5) is 8.36. The molecule has 0 aliphatic heterocycles. The van der Waals surface area contributed by atoms with Gasteiger partial charge in [-0.05, 0) is 60.0 Å². The molecule has 4 nitrogen and oxygen atoms in total. The van der Waals surface area contributed by atoms with Crippen molar-refractivity contribution in [3.63, 3.8) is 0 Å². The second kappa shape index (κ2) is 7.06. The number of aromatic amines is 1. The van der Waals surface area contributed by atoms with Crippen molar-refractivity contribution >= 4 is 11.3 Å². The summed E-state index contributed by atoms with van der Waals surface area (Å²) in [7, 11) is 3.34. The number of ether oxygens (including phenoxy) is 2. The Kier molecular flexibility index (Phi) is 4.46. The van der Waals surface area contributed by atoms with Crippen LogP contribution in [0, 0.1) is 0 Å². The Bertz CT molecular complexity index is 923. The van der Waals surface area contributed by atoms with Gasteiger partial charge < -0.3 is 14.5 Å². The summed E-state index contributed by atoms with van der Waals surface area (Å²) in [6, 6.07) is 18.0. The van der Waals surface area contributed by atoms with E-state index >= 15 is 0 Å². The summed E-state index contributed by atoms with van der Waals surface area (Å²) in [5.41, 5.74) is 5.09. The number of hydrogen-bond donors (Lipinski definition) is 1. The molecular weight excluding hydrogens is 344 g/mol. The quantitative estimate of drug-likeness (QED) is 0.511. The van der Waals surface area contributed by atoms with Crippen molar-refractivity contribution in [1.29, 1.82) is 0 Å². The van der Waals surface area contributed by atoms with Crippen LogP contribution in [-0.2, 0) is 0 Å².